The zero-order chi connectivity index (χ0) is 15.4. The van der Waals surface area contributed by atoms with Crippen molar-refractivity contribution >= 4 is 11.6 Å². The first-order valence-corrected chi connectivity index (χ1v) is 7.25. The molecule has 21 heavy (non-hydrogen) atoms. The number of carbonyl (C=O) groups is 1. The van der Waals surface area contributed by atoms with Crippen molar-refractivity contribution in [2.24, 2.45) is 11.1 Å². The van der Waals surface area contributed by atoms with Crippen LogP contribution in [-0.2, 0) is 0 Å². The van der Waals surface area contributed by atoms with Gasteiger partial charge in [0.1, 0.15) is 5.75 Å². The molecule has 1 saturated heterocycles. The second kappa shape index (κ2) is 6.61. The van der Waals surface area contributed by atoms with E-state index in [1.165, 1.54) is 0 Å². The van der Waals surface area contributed by atoms with Crippen LogP contribution < -0.4 is 4.74 Å². The largest absolute Gasteiger partial charge is 0.496 e. The fourth-order valence-corrected chi connectivity index (χ4v) is 2.76. The van der Waals surface area contributed by atoms with Crippen LogP contribution in [0.4, 0.5) is 0 Å². The lowest BCUT2D eigenvalue weighted by atomic mass is 9.92. The summed E-state index contributed by atoms with van der Waals surface area (Å²) in [7, 11) is 1.57. The number of methoxy groups -OCH3 is 1. The molecule has 0 radical (unpaired) electrons. The van der Waals surface area contributed by atoms with Crippen LogP contribution in [0.3, 0.4) is 0 Å². The van der Waals surface area contributed by atoms with Gasteiger partial charge in [-0.15, -0.1) is 0 Å². The van der Waals surface area contributed by atoms with E-state index in [-0.39, 0.29) is 11.8 Å². The van der Waals surface area contributed by atoms with Crippen molar-refractivity contribution in [2.75, 3.05) is 20.2 Å². The zero-order valence-electron chi connectivity index (χ0n) is 12.8. The molecule has 1 fully saturated rings. The van der Waals surface area contributed by atoms with Crippen LogP contribution in [0.15, 0.2) is 23.4 Å². The molecule has 1 aromatic carbocycles. The number of benzene rings is 1. The number of amides is 1. The number of piperidine rings is 1. The maximum absolute atomic E-state index is 12.7. The summed E-state index contributed by atoms with van der Waals surface area (Å²) in [6, 6.07) is 5.61. The monoisotopic (exact) mass is 290 g/mol. The van der Waals surface area contributed by atoms with Crippen LogP contribution in [0, 0.1) is 12.8 Å². The lowest BCUT2D eigenvalue weighted by Crippen LogP contribution is -2.44. The summed E-state index contributed by atoms with van der Waals surface area (Å²) in [4.78, 5) is 14.6. The highest BCUT2D eigenvalue weighted by molar-refractivity contribution is 5.98. The van der Waals surface area contributed by atoms with Gasteiger partial charge in [0, 0.05) is 25.4 Å². The lowest BCUT2D eigenvalue weighted by molar-refractivity contribution is 0.0725. The molecule has 1 aromatic rings. The first-order chi connectivity index (χ1) is 10.1. The van der Waals surface area contributed by atoms with Crippen molar-refractivity contribution in [1.82, 2.24) is 4.90 Å². The molecule has 114 valence electrons. The molecule has 1 atom stereocenters. The van der Waals surface area contributed by atoms with Gasteiger partial charge in [-0.3, -0.25) is 4.79 Å². The molecule has 1 aliphatic rings. The summed E-state index contributed by atoms with van der Waals surface area (Å²) >= 11 is 0. The van der Waals surface area contributed by atoms with E-state index in [0.717, 1.165) is 17.7 Å². The van der Waals surface area contributed by atoms with Gasteiger partial charge in [-0.05, 0) is 25.5 Å². The Morgan fingerprint density at radius 2 is 2.29 bits per heavy atom. The third-order valence-electron chi connectivity index (χ3n) is 4.04. The molecule has 1 unspecified atom stereocenters. The maximum atomic E-state index is 12.7. The molecular weight excluding hydrogens is 268 g/mol. The molecule has 5 heteroatoms. The number of ether oxygens (including phenoxy) is 1. The fourth-order valence-electron chi connectivity index (χ4n) is 2.76. The number of hydrogen-bond acceptors (Lipinski definition) is 4. The first-order valence-electron chi connectivity index (χ1n) is 7.25. The van der Waals surface area contributed by atoms with Crippen molar-refractivity contribution in [3.05, 3.63) is 29.3 Å². The number of rotatable bonds is 3. The molecule has 1 amide bonds. The minimum atomic E-state index is -0.0222. The van der Waals surface area contributed by atoms with Crippen molar-refractivity contribution in [2.45, 2.75) is 26.7 Å². The summed E-state index contributed by atoms with van der Waals surface area (Å²) in [6.45, 7) is 5.16. The van der Waals surface area contributed by atoms with Crippen LogP contribution in [0.1, 0.15) is 35.7 Å². The molecule has 5 nitrogen and oxygen atoms in total. The van der Waals surface area contributed by atoms with Crippen molar-refractivity contribution in [3.8, 4) is 5.75 Å². The Morgan fingerprint density at radius 1 is 1.52 bits per heavy atom. The van der Waals surface area contributed by atoms with E-state index < -0.39 is 0 Å². The third kappa shape index (κ3) is 3.17. The van der Waals surface area contributed by atoms with Crippen molar-refractivity contribution < 1.29 is 14.7 Å². The molecule has 0 aliphatic carbocycles. The number of oxime groups is 1. The Bertz CT molecular complexity index is 554. The van der Waals surface area contributed by atoms with Gasteiger partial charge in [-0.2, -0.15) is 0 Å². The van der Waals surface area contributed by atoms with E-state index in [1.807, 2.05) is 36.9 Å². The lowest BCUT2D eigenvalue weighted by Gasteiger charge is -2.33. The molecule has 1 heterocycles. The van der Waals surface area contributed by atoms with E-state index in [1.54, 1.807) is 7.11 Å². The minimum absolute atomic E-state index is 0.0222. The first kappa shape index (κ1) is 15.4. The molecule has 0 bridgehead atoms. The molecule has 0 aromatic heterocycles. The van der Waals surface area contributed by atoms with Crippen LogP contribution in [0.2, 0.25) is 0 Å². The Labute approximate surface area is 125 Å². The number of nitrogens with zero attached hydrogens (tertiary/aromatic N) is 2. The van der Waals surface area contributed by atoms with Crippen LogP contribution in [0.5, 0.6) is 5.75 Å². The average Bonchev–Trinajstić information content (AvgIpc) is 2.53. The van der Waals surface area contributed by atoms with Gasteiger partial charge >= 0.3 is 0 Å². The number of aryl methyl sites for hydroxylation is 1. The molecule has 1 aliphatic heterocycles. The predicted octanol–water partition coefficient (Wildman–Crippen LogP) is 2.71. The summed E-state index contributed by atoms with van der Waals surface area (Å²) in [5, 5.41) is 12.4. The van der Waals surface area contributed by atoms with E-state index in [4.69, 9.17) is 9.94 Å². The quantitative estimate of drug-likeness (QED) is 0.687. The van der Waals surface area contributed by atoms with Gasteiger partial charge in [0.05, 0.1) is 18.4 Å². The molecule has 2 rings (SSSR count). The predicted molar refractivity (Wildman–Crippen MR) is 81.3 cm³/mol. The SMILES string of the molecule is CCC1CN(C(=O)c2cc(C)ccc2OC)CC/C1=N\O. The van der Waals surface area contributed by atoms with E-state index in [0.29, 0.717) is 30.8 Å². The number of hydrogen-bond donors (Lipinski definition) is 1. The van der Waals surface area contributed by atoms with Crippen LogP contribution >= 0.6 is 0 Å². The van der Waals surface area contributed by atoms with E-state index >= 15 is 0 Å². The maximum Gasteiger partial charge on any atom is 0.257 e. The zero-order valence-corrected chi connectivity index (χ0v) is 12.8. The summed E-state index contributed by atoms with van der Waals surface area (Å²) < 4.78 is 5.30. The average molecular weight is 290 g/mol. The summed E-state index contributed by atoms with van der Waals surface area (Å²) in [5.41, 5.74) is 2.41. The third-order valence-corrected chi connectivity index (χ3v) is 4.04. The topological polar surface area (TPSA) is 62.1 Å². The summed E-state index contributed by atoms with van der Waals surface area (Å²) in [5.74, 6) is 0.703. The van der Waals surface area contributed by atoms with Gasteiger partial charge in [0.25, 0.3) is 5.91 Å². The smallest absolute Gasteiger partial charge is 0.257 e. The van der Waals surface area contributed by atoms with Crippen molar-refractivity contribution in [1.29, 1.82) is 0 Å². The number of carbonyl (C=O) groups excluding carboxylic acids is 1. The second-order valence-corrected chi connectivity index (χ2v) is 5.40. The molecule has 0 spiro atoms. The van der Waals surface area contributed by atoms with Gasteiger partial charge < -0.3 is 14.8 Å². The highest BCUT2D eigenvalue weighted by Crippen LogP contribution is 2.25. The van der Waals surface area contributed by atoms with E-state index in [9.17, 15) is 4.79 Å². The fraction of sp³-hybridized carbons (Fsp3) is 0.500. The Kier molecular flexibility index (Phi) is 4.83. The van der Waals surface area contributed by atoms with Crippen LogP contribution in [-0.4, -0.2) is 41.9 Å². The van der Waals surface area contributed by atoms with Crippen molar-refractivity contribution in [3.63, 3.8) is 0 Å². The number of likely N-dealkylation sites (tertiary alicyclic amines) is 1. The molecular formula is C16H22N2O3. The van der Waals surface area contributed by atoms with Gasteiger partial charge in [0.2, 0.25) is 0 Å². The van der Waals surface area contributed by atoms with Crippen LogP contribution in [0.25, 0.3) is 0 Å². The Morgan fingerprint density at radius 3 is 2.90 bits per heavy atom. The van der Waals surface area contributed by atoms with Gasteiger partial charge in [0.15, 0.2) is 0 Å². The minimum Gasteiger partial charge on any atom is -0.496 e. The summed E-state index contributed by atoms with van der Waals surface area (Å²) in [6.07, 6.45) is 1.48. The second-order valence-electron chi connectivity index (χ2n) is 5.40. The Hall–Kier alpha value is -2.04. The Balaban J connectivity index is 2.23. The molecule has 1 N–H and O–H groups in total. The normalized spacial score (nSPS) is 20.6. The van der Waals surface area contributed by atoms with Gasteiger partial charge in [-0.1, -0.05) is 23.7 Å². The highest BCUT2D eigenvalue weighted by atomic mass is 16.5. The standard InChI is InChI=1S/C16H22N2O3/c1-4-12-10-18(8-7-14(12)17-20)16(19)13-9-11(2)5-6-15(13)21-3/h5-6,9,12,20H,4,7-8,10H2,1-3H3/b17-14+. The van der Waals surface area contributed by atoms with Gasteiger partial charge in [-0.25, -0.2) is 0 Å². The highest BCUT2D eigenvalue weighted by Gasteiger charge is 2.29. The molecule has 0 saturated carbocycles. The van der Waals surface area contributed by atoms with E-state index in [2.05, 4.69) is 5.16 Å².